The molecular weight excluding hydrogens is 184 g/mol. The van der Waals surface area contributed by atoms with Crippen molar-refractivity contribution in [2.75, 3.05) is 0 Å². The third-order valence-electron chi connectivity index (χ3n) is 2.95. The Hall–Kier alpha value is -1.20. The molecule has 15 heavy (non-hydrogen) atoms. The summed E-state index contributed by atoms with van der Waals surface area (Å²) >= 11 is 0. The molecule has 0 aliphatic carbocycles. The van der Waals surface area contributed by atoms with Crippen molar-refractivity contribution < 1.29 is 0 Å². The molecule has 0 saturated heterocycles. The maximum Gasteiger partial charge on any atom is 0.0238 e. The number of aromatic nitrogens is 1. The zero-order chi connectivity index (χ0) is 11.4. The lowest BCUT2D eigenvalue weighted by Gasteiger charge is -2.10. The van der Waals surface area contributed by atoms with Gasteiger partial charge in [-0.1, -0.05) is 0 Å². The van der Waals surface area contributed by atoms with Gasteiger partial charge >= 0.3 is 0 Å². The molecule has 0 spiro atoms. The number of rotatable bonds is 4. The molecule has 2 heteroatoms. The maximum atomic E-state index is 5.26. The van der Waals surface area contributed by atoms with Gasteiger partial charge in [0, 0.05) is 37.4 Å². The van der Waals surface area contributed by atoms with E-state index in [0.717, 1.165) is 13.0 Å². The van der Waals surface area contributed by atoms with Crippen LogP contribution in [-0.4, -0.2) is 10.6 Å². The zero-order valence-corrected chi connectivity index (χ0v) is 10.1. The standard InChI is InChI=1S/C13H20N2/c1-6-7-10(2)14-9-13-8-11(3)15(5)12(13)4/h1,8,10,14H,7,9H2,2-5H3. The van der Waals surface area contributed by atoms with Gasteiger partial charge in [0.05, 0.1) is 0 Å². The Balaban J connectivity index is 2.59. The molecule has 0 aliphatic rings. The highest BCUT2D eigenvalue weighted by molar-refractivity contribution is 5.26. The van der Waals surface area contributed by atoms with Gasteiger partial charge in [0.1, 0.15) is 0 Å². The highest BCUT2D eigenvalue weighted by Crippen LogP contribution is 2.12. The second-order valence-corrected chi connectivity index (χ2v) is 4.15. The van der Waals surface area contributed by atoms with Gasteiger partial charge in [-0.2, -0.15) is 0 Å². The van der Waals surface area contributed by atoms with E-state index >= 15 is 0 Å². The normalized spacial score (nSPS) is 12.5. The highest BCUT2D eigenvalue weighted by atomic mass is 15.0. The van der Waals surface area contributed by atoms with Crippen LogP contribution in [0, 0.1) is 26.2 Å². The topological polar surface area (TPSA) is 17.0 Å². The number of aryl methyl sites for hydroxylation is 1. The zero-order valence-electron chi connectivity index (χ0n) is 10.1. The van der Waals surface area contributed by atoms with E-state index in [1.54, 1.807) is 0 Å². The monoisotopic (exact) mass is 204 g/mol. The van der Waals surface area contributed by atoms with Crippen molar-refractivity contribution in [3.05, 3.63) is 23.0 Å². The Morgan fingerprint density at radius 3 is 2.67 bits per heavy atom. The molecule has 1 aromatic heterocycles. The largest absolute Gasteiger partial charge is 0.352 e. The fraction of sp³-hybridized carbons (Fsp3) is 0.538. The van der Waals surface area contributed by atoms with Gasteiger partial charge in [0.25, 0.3) is 0 Å². The summed E-state index contributed by atoms with van der Waals surface area (Å²) in [6.45, 7) is 7.29. The molecule has 1 heterocycles. The molecule has 82 valence electrons. The van der Waals surface area contributed by atoms with E-state index in [0.29, 0.717) is 6.04 Å². The molecule has 0 bridgehead atoms. The second-order valence-electron chi connectivity index (χ2n) is 4.15. The van der Waals surface area contributed by atoms with E-state index in [2.05, 4.69) is 49.7 Å². The summed E-state index contributed by atoms with van der Waals surface area (Å²) in [5, 5.41) is 3.43. The molecule has 1 aromatic rings. The fourth-order valence-electron chi connectivity index (χ4n) is 1.65. The first-order valence-corrected chi connectivity index (χ1v) is 5.35. The van der Waals surface area contributed by atoms with Crippen LogP contribution in [0.3, 0.4) is 0 Å². The van der Waals surface area contributed by atoms with Crippen LogP contribution >= 0.6 is 0 Å². The molecule has 1 rings (SSSR count). The van der Waals surface area contributed by atoms with Crippen LogP contribution in [-0.2, 0) is 13.6 Å². The van der Waals surface area contributed by atoms with Crippen molar-refractivity contribution in [2.24, 2.45) is 7.05 Å². The Bertz CT molecular complexity index is 369. The molecule has 1 N–H and O–H groups in total. The molecule has 2 nitrogen and oxygen atoms in total. The van der Waals surface area contributed by atoms with Crippen LogP contribution in [0.2, 0.25) is 0 Å². The van der Waals surface area contributed by atoms with Crippen LogP contribution in [0.25, 0.3) is 0 Å². The van der Waals surface area contributed by atoms with Crippen molar-refractivity contribution in [3.8, 4) is 12.3 Å². The van der Waals surface area contributed by atoms with Crippen molar-refractivity contribution in [3.63, 3.8) is 0 Å². The SMILES string of the molecule is C#CCC(C)NCc1cc(C)n(C)c1C. The molecule has 0 fully saturated rings. The van der Waals surface area contributed by atoms with Crippen molar-refractivity contribution in [1.29, 1.82) is 0 Å². The summed E-state index contributed by atoms with van der Waals surface area (Å²) in [5.74, 6) is 2.67. The van der Waals surface area contributed by atoms with Gasteiger partial charge in [-0.05, 0) is 32.4 Å². The van der Waals surface area contributed by atoms with E-state index in [9.17, 15) is 0 Å². The first-order chi connectivity index (χ1) is 7.06. The summed E-state index contributed by atoms with van der Waals surface area (Å²) in [4.78, 5) is 0. The second kappa shape index (κ2) is 5.04. The lowest BCUT2D eigenvalue weighted by Crippen LogP contribution is -2.25. The van der Waals surface area contributed by atoms with Gasteiger partial charge < -0.3 is 9.88 Å². The Morgan fingerprint density at radius 2 is 2.20 bits per heavy atom. The Kier molecular flexibility index (Phi) is 3.99. The first kappa shape index (κ1) is 11.9. The number of terminal acetylenes is 1. The lowest BCUT2D eigenvalue weighted by molar-refractivity contribution is 0.557. The van der Waals surface area contributed by atoms with E-state index in [4.69, 9.17) is 6.42 Å². The van der Waals surface area contributed by atoms with E-state index in [1.165, 1.54) is 17.0 Å². The molecule has 0 aromatic carbocycles. The van der Waals surface area contributed by atoms with Crippen LogP contribution in [0.1, 0.15) is 30.3 Å². The van der Waals surface area contributed by atoms with E-state index < -0.39 is 0 Å². The molecule has 1 atom stereocenters. The third-order valence-corrected chi connectivity index (χ3v) is 2.95. The Labute approximate surface area is 92.7 Å². The average Bonchev–Trinajstić information content (AvgIpc) is 2.43. The summed E-state index contributed by atoms with van der Waals surface area (Å²) in [6, 6.07) is 2.61. The third kappa shape index (κ3) is 2.87. The first-order valence-electron chi connectivity index (χ1n) is 5.35. The van der Waals surface area contributed by atoms with Crippen molar-refractivity contribution in [2.45, 2.75) is 39.8 Å². The Morgan fingerprint density at radius 1 is 1.53 bits per heavy atom. The van der Waals surface area contributed by atoms with Gasteiger partial charge in [-0.25, -0.2) is 0 Å². The van der Waals surface area contributed by atoms with E-state index in [-0.39, 0.29) is 0 Å². The quantitative estimate of drug-likeness (QED) is 0.744. The number of nitrogens with zero attached hydrogens (tertiary/aromatic N) is 1. The lowest BCUT2D eigenvalue weighted by atomic mass is 10.2. The number of nitrogens with one attached hydrogen (secondary N) is 1. The summed E-state index contributed by atoms with van der Waals surface area (Å²) in [6.07, 6.45) is 6.05. The predicted molar refractivity (Wildman–Crippen MR) is 64.6 cm³/mol. The highest BCUT2D eigenvalue weighted by Gasteiger charge is 2.06. The van der Waals surface area contributed by atoms with Crippen LogP contribution in [0.4, 0.5) is 0 Å². The minimum Gasteiger partial charge on any atom is -0.352 e. The minimum atomic E-state index is 0.384. The number of hydrogen-bond acceptors (Lipinski definition) is 1. The molecule has 1 unspecified atom stereocenters. The average molecular weight is 204 g/mol. The summed E-state index contributed by atoms with van der Waals surface area (Å²) < 4.78 is 2.21. The van der Waals surface area contributed by atoms with Gasteiger partial charge in [0.2, 0.25) is 0 Å². The molecule has 0 saturated carbocycles. The van der Waals surface area contributed by atoms with Crippen LogP contribution in [0.5, 0.6) is 0 Å². The van der Waals surface area contributed by atoms with Crippen LogP contribution < -0.4 is 5.32 Å². The van der Waals surface area contributed by atoms with Gasteiger partial charge in [0.15, 0.2) is 0 Å². The molecule has 0 amide bonds. The van der Waals surface area contributed by atoms with Crippen LogP contribution in [0.15, 0.2) is 6.07 Å². The van der Waals surface area contributed by atoms with Crippen molar-refractivity contribution >= 4 is 0 Å². The maximum absolute atomic E-state index is 5.26. The molecule has 0 aliphatic heterocycles. The molecule has 0 radical (unpaired) electrons. The fourth-order valence-corrected chi connectivity index (χ4v) is 1.65. The van der Waals surface area contributed by atoms with Gasteiger partial charge in [-0.15, -0.1) is 12.3 Å². The summed E-state index contributed by atoms with van der Waals surface area (Å²) in [7, 11) is 2.10. The smallest absolute Gasteiger partial charge is 0.0238 e. The molecular formula is C13H20N2. The predicted octanol–water partition coefficient (Wildman–Crippen LogP) is 2.14. The van der Waals surface area contributed by atoms with Gasteiger partial charge in [-0.3, -0.25) is 0 Å². The van der Waals surface area contributed by atoms with E-state index in [1.807, 2.05) is 0 Å². The summed E-state index contributed by atoms with van der Waals surface area (Å²) in [5.41, 5.74) is 3.99. The number of hydrogen-bond donors (Lipinski definition) is 1. The van der Waals surface area contributed by atoms with Crippen molar-refractivity contribution in [1.82, 2.24) is 9.88 Å². The minimum absolute atomic E-state index is 0.384.